The molecule has 0 aliphatic heterocycles. The second kappa shape index (κ2) is 7.82. The average molecular weight is 412 g/mol. The van der Waals surface area contributed by atoms with Crippen LogP contribution in [0.3, 0.4) is 0 Å². The molecule has 110 valence electrons. The van der Waals surface area contributed by atoms with E-state index in [2.05, 4.69) is 55.5 Å². The third kappa shape index (κ3) is 5.68. The Morgan fingerprint density at radius 3 is 1.76 bits per heavy atom. The maximum absolute atomic E-state index is 11.0. The van der Waals surface area contributed by atoms with Crippen LogP contribution in [-0.2, 0) is 4.79 Å². The molecule has 2 rings (SSSR count). The third-order valence-electron chi connectivity index (χ3n) is 2.95. The number of aliphatic carboxylic acids is 1. The van der Waals surface area contributed by atoms with E-state index in [-0.39, 0.29) is 39.5 Å². The summed E-state index contributed by atoms with van der Waals surface area (Å²) < 4.78 is 2.77. The fourth-order valence-electron chi connectivity index (χ4n) is 1.93. The summed E-state index contributed by atoms with van der Waals surface area (Å²) in [6.45, 7) is 2.25. The molecule has 0 aliphatic rings. The Kier molecular flexibility index (Phi) is 6.07. The molecule has 0 saturated heterocycles. The quantitative estimate of drug-likeness (QED) is 0.708. The van der Waals surface area contributed by atoms with Crippen LogP contribution in [0.2, 0.25) is 3.21 Å². The molecular formula is C17H18O2Se2. The molecule has 4 heteroatoms. The Balaban J connectivity index is 2.15. The Morgan fingerprint density at radius 2 is 1.38 bits per heavy atom. The van der Waals surface area contributed by atoms with E-state index in [4.69, 9.17) is 5.11 Å². The molecule has 0 fully saturated rings. The average Bonchev–Trinajstić information content (AvgIpc) is 2.47. The van der Waals surface area contributed by atoms with E-state index in [1.165, 1.54) is 8.92 Å². The summed E-state index contributed by atoms with van der Waals surface area (Å²) in [5, 5.41) is 9.02. The van der Waals surface area contributed by atoms with Crippen molar-refractivity contribution in [1.82, 2.24) is 0 Å². The van der Waals surface area contributed by atoms with Crippen LogP contribution in [0.4, 0.5) is 0 Å². The van der Waals surface area contributed by atoms with E-state index in [1.54, 1.807) is 0 Å². The molecule has 0 amide bonds. The summed E-state index contributed by atoms with van der Waals surface area (Å²) >= 11 is 0.555. The molecule has 21 heavy (non-hydrogen) atoms. The number of hydrogen-bond acceptors (Lipinski definition) is 1. The first-order valence-corrected chi connectivity index (χ1v) is 10.2. The molecule has 0 radical (unpaired) electrons. The Labute approximate surface area is 138 Å². The molecule has 0 bridgehead atoms. The summed E-state index contributed by atoms with van der Waals surface area (Å²) in [4.78, 5) is 11.0. The van der Waals surface area contributed by atoms with Crippen LogP contribution in [0.25, 0.3) is 0 Å². The molecule has 0 unspecified atom stereocenters. The summed E-state index contributed by atoms with van der Waals surface area (Å²) in [5.74, 6) is -0.700. The maximum atomic E-state index is 11.0. The van der Waals surface area contributed by atoms with Gasteiger partial charge in [0.05, 0.1) is 0 Å². The molecule has 2 aromatic carbocycles. The number of hydrogen-bond donors (Lipinski definition) is 1. The van der Waals surface area contributed by atoms with Gasteiger partial charge >= 0.3 is 138 Å². The minimum atomic E-state index is -0.700. The Hall–Kier alpha value is -1.05. The zero-order chi connectivity index (χ0) is 15.1. The van der Waals surface area contributed by atoms with Crippen molar-refractivity contribution in [3.05, 3.63) is 60.7 Å². The van der Waals surface area contributed by atoms with E-state index < -0.39 is 5.97 Å². The van der Waals surface area contributed by atoms with Gasteiger partial charge in [-0.05, 0) is 0 Å². The second-order valence-electron chi connectivity index (χ2n) is 4.86. The number of rotatable bonds is 7. The van der Waals surface area contributed by atoms with Crippen molar-refractivity contribution in [2.24, 2.45) is 0 Å². The fraction of sp³-hybridized carbons (Fsp3) is 0.235. The molecule has 2 nitrogen and oxygen atoms in total. The van der Waals surface area contributed by atoms with Crippen molar-refractivity contribution in [2.75, 3.05) is 0 Å². The third-order valence-corrected chi connectivity index (χ3v) is 9.56. The SMILES string of the molecule is CC(CCC(=O)O)([Se]c1ccccc1)[Se]c1ccccc1. The standard InChI is InChI=1S/C17H18O2Se2/c1-17(13-12-16(18)19,20-14-8-4-2-5-9-14)21-15-10-6-3-7-11-15/h2-11H,12-13H2,1H3,(H,18,19). The van der Waals surface area contributed by atoms with Gasteiger partial charge in [0.15, 0.2) is 0 Å². The molecule has 0 aliphatic carbocycles. The molecule has 0 spiro atoms. The zero-order valence-corrected chi connectivity index (χ0v) is 15.3. The fourth-order valence-corrected chi connectivity index (χ4v) is 8.75. The van der Waals surface area contributed by atoms with E-state index in [0.29, 0.717) is 0 Å². The summed E-state index contributed by atoms with van der Waals surface area (Å²) in [5.41, 5.74) is 0. The molecular weight excluding hydrogens is 394 g/mol. The van der Waals surface area contributed by atoms with Gasteiger partial charge in [-0.2, -0.15) is 0 Å². The number of carboxylic acids is 1. The van der Waals surface area contributed by atoms with E-state index in [1.807, 2.05) is 12.1 Å². The van der Waals surface area contributed by atoms with Gasteiger partial charge in [0, 0.05) is 0 Å². The topological polar surface area (TPSA) is 37.3 Å². The first kappa shape index (κ1) is 16.3. The second-order valence-corrected chi connectivity index (χ2v) is 12.8. The minimum absolute atomic E-state index is 0.0844. The monoisotopic (exact) mass is 414 g/mol. The van der Waals surface area contributed by atoms with Crippen molar-refractivity contribution in [1.29, 1.82) is 0 Å². The first-order chi connectivity index (χ1) is 10.1. The van der Waals surface area contributed by atoms with Crippen LogP contribution in [0.15, 0.2) is 60.7 Å². The molecule has 0 atom stereocenters. The molecule has 0 saturated carbocycles. The van der Waals surface area contributed by atoms with Crippen molar-refractivity contribution in [2.45, 2.75) is 23.0 Å². The summed E-state index contributed by atoms with van der Waals surface area (Å²) in [6.07, 6.45) is 0.992. The Bertz CT molecular complexity index is 528. The van der Waals surface area contributed by atoms with Gasteiger partial charge < -0.3 is 0 Å². The number of carbonyl (C=O) groups is 1. The number of benzene rings is 2. The van der Waals surface area contributed by atoms with E-state index in [0.717, 1.165) is 6.42 Å². The van der Waals surface area contributed by atoms with E-state index >= 15 is 0 Å². The van der Waals surface area contributed by atoms with Gasteiger partial charge in [0.2, 0.25) is 0 Å². The van der Waals surface area contributed by atoms with Crippen molar-refractivity contribution < 1.29 is 9.90 Å². The predicted molar refractivity (Wildman–Crippen MR) is 88.9 cm³/mol. The van der Waals surface area contributed by atoms with Crippen LogP contribution < -0.4 is 8.92 Å². The predicted octanol–water partition coefficient (Wildman–Crippen LogP) is 2.05. The van der Waals surface area contributed by atoms with Gasteiger partial charge in [0.25, 0.3) is 0 Å². The van der Waals surface area contributed by atoms with Gasteiger partial charge in [-0.1, -0.05) is 0 Å². The van der Waals surface area contributed by atoms with Crippen LogP contribution in [-0.4, -0.2) is 41.0 Å². The summed E-state index contributed by atoms with van der Waals surface area (Å²) in [7, 11) is 0. The zero-order valence-electron chi connectivity index (χ0n) is 11.9. The molecule has 0 aromatic heterocycles. The molecule has 2 aromatic rings. The van der Waals surface area contributed by atoms with Crippen molar-refractivity contribution >= 4 is 44.8 Å². The van der Waals surface area contributed by atoms with Crippen LogP contribution in [0, 0.1) is 0 Å². The normalized spacial score (nSPS) is 11.3. The van der Waals surface area contributed by atoms with Crippen LogP contribution >= 0.6 is 0 Å². The van der Waals surface area contributed by atoms with Gasteiger partial charge in [-0.15, -0.1) is 0 Å². The van der Waals surface area contributed by atoms with Crippen LogP contribution in [0.1, 0.15) is 19.8 Å². The van der Waals surface area contributed by atoms with Crippen LogP contribution in [0.5, 0.6) is 0 Å². The first-order valence-electron chi connectivity index (χ1n) is 6.77. The van der Waals surface area contributed by atoms with E-state index in [9.17, 15) is 4.79 Å². The summed E-state index contributed by atoms with van der Waals surface area (Å²) in [6, 6.07) is 20.9. The Morgan fingerprint density at radius 1 is 0.952 bits per heavy atom. The van der Waals surface area contributed by atoms with Gasteiger partial charge in [-0.3, -0.25) is 0 Å². The van der Waals surface area contributed by atoms with Gasteiger partial charge in [-0.25, -0.2) is 0 Å². The van der Waals surface area contributed by atoms with Crippen molar-refractivity contribution in [3.8, 4) is 0 Å². The number of carboxylic acid groups (broad SMARTS) is 1. The molecule has 1 N–H and O–H groups in total. The molecule has 0 heterocycles. The van der Waals surface area contributed by atoms with Gasteiger partial charge in [0.1, 0.15) is 0 Å². The van der Waals surface area contributed by atoms with Crippen molar-refractivity contribution in [3.63, 3.8) is 0 Å².